The summed E-state index contributed by atoms with van der Waals surface area (Å²) in [5.74, 6) is 0.559. The van der Waals surface area contributed by atoms with Gasteiger partial charge in [0.2, 0.25) is 23.0 Å². The van der Waals surface area contributed by atoms with Gasteiger partial charge in [-0.2, -0.15) is 0 Å². The maximum Gasteiger partial charge on any atom is 0.357 e. The summed E-state index contributed by atoms with van der Waals surface area (Å²) in [6.45, 7) is 3.73. The van der Waals surface area contributed by atoms with Crippen molar-refractivity contribution in [2.45, 2.75) is 58.4 Å². The number of esters is 1. The first kappa shape index (κ1) is 34.2. The number of thiazole rings is 1. The Kier molecular flexibility index (Phi) is 11.6. The summed E-state index contributed by atoms with van der Waals surface area (Å²) in [5, 5.41) is 9.36. The lowest BCUT2D eigenvalue weighted by Gasteiger charge is -2.19. The third-order valence-corrected chi connectivity index (χ3v) is 8.62. The number of carbonyl (C=O) groups excluding carboxylic acids is 3. The van der Waals surface area contributed by atoms with Gasteiger partial charge < -0.3 is 34.9 Å². The van der Waals surface area contributed by atoms with E-state index in [4.69, 9.17) is 18.9 Å². The number of hydrogen-bond donors (Lipinski definition) is 3. The number of aromatic nitrogens is 1. The number of fused-ring (bicyclic) bond motifs is 3. The SMILES string of the molecule is COC(=O)c1nc(NC(=O)CCCCCNc2ccc3c(cc2=O)C(NC(C)=O)CCc2cc(OC)c(OC)c(OC)c2-3)sc1C. The standard InChI is InChI=1S/C33H40N4O8S/c1-18-29(32(41)45-6)37-33(46-18)36-27(40)10-8-7-9-15-34-24-14-12-21-22(17-25(24)39)23(35-19(2)38)13-11-20-16-26(42-3)30(43-4)31(44-5)28(20)21/h12,14,16-17,23H,7-11,13,15H2,1-6H3,(H,34,39)(H,35,38)(H,36,37,40). The number of methoxy groups -OCH3 is 4. The van der Waals surface area contributed by atoms with Crippen LogP contribution >= 0.6 is 11.3 Å². The smallest absolute Gasteiger partial charge is 0.357 e. The summed E-state index contributed by atoms with van der Waals surface area (Å²) in [5.41, 5.74) is 3.61. The third-order valence-electron chi connectivity index (χ3n) is 7.73. The van der Waals surface area contributed by atoms with Crippen LogP contribution < -0.4 is 35.6 Å². The van der Waals surface area contributed by atoms with E-state index in [1.165, 1.54) is 25.4 Å². The second-order valence-electron chi connectivity index (χ2n) is 10.8. The highest BCUT2D eigenvalue weighted by molar-refractivity contribution is 7.16. The lowest BCUT2D eigenvalue weighted by atomic mass is 9.95. The molecule has 1 unspecified atom stereocenters. The summed E-state index contributed by atoms with van der Waals surface area (Å²) in [4.78, 5) is 54.6. The van der Waals surface area contributed by atoms with Gasteiger partial charge in [-0.3, -0.25) is 14.4 Å². The summed E-state index contributed by atoms with van der Waals surface area (Å²) in [7, 11) is 5.96. The van der Waals surface area contributed by atoms with Crippen LogP contribution in [0.2, 0.25) is 0 Å². The predicted molar refractivity (Wildman–Crippen MR) is 176 cm³/mol. The summed E-state index contributed by atoms with van der Waals surface area (Å²) in [6.07, 6.45) is 3.62. The van der Waals surface area contributed by atoms with Gasteiger partial charge in [0.1, 0.15) is 0 Å². The molecule has 0 fully saturated rings. The van der Waals surface area contributed by atoms with Crippen molar-refractivity contribution >= 4 is 39.9 Å². The van der Waals surface area contributed by atoms with Crippen molar-refractivity contribution in [2.24, 2.45) is 0 Å². The van der Waals surface area contributed by atoms with E-state index >= 15 is 0 Å². The van der Waals surface area contributed by atoms with E-state index in [0.29, 0.717) is 70.7 Å². The number of aryl methyl sites for hydroxylation is 2. The fraction of sp³-hybridized carbons (Fsp3) is 0.424. The van der Waals surface area contributed by atoms with Crippen LogP contribution in [0.4, 0.5) is 10.8 Å². The normalized spacial score (nSPS) is 13.4. The van der Waals surface area contributed by atoms with Crippen molar-refractivity contribution in [1.82, 2.24) is 10.3 Å². The van der Waals surface area contributed by atoms with Crippen LogP contribution in [0.3, 0.4) is 0 Å². The van der Waals surface area contributed by atoms with E-state index in [1.54, 1.807) is 40.4 Å². The molecule has 1 heterocycles. The minimum absolute atomic E-state index is 0.185. The summed E-state index contributed by atoms with van der Waals surface area (Å²) in [6, 6.07) is 6.74. The van der Waals surface area contributed by atoms with E-state index in [-0.39, 0.29) is 29.0 Å². The van der Waals surface area contributed by atoms with Gasteiger partial charge in [0.15, 0.2) is 22.3 Å². The van der Waals surface area contributed by atoms with E-state index in [2.05, 4.69) is 20.9 Å². The maximum absolute atomic E-state index is 13.5. The quantitative estimate of drug-likeness (QED) is 0.169. The lowest BCUT2D eigenvalue weighted by Crippen LogP contribution is -2.26. The second kappa shape index (κ2) is 15.6. The van der Waals surface area contributed by atoms with Gasteiger partial charge in [0.05, 0.1) is 40.2 Å². The molecule has 3 N–H and O–H groups in total. The van der Waals surface area contributed by atoms with Crippen molar-refractivity contribution < 1.29 is 33.3 Å². The lowest BCUT2D eigenvalue weighted by molar-refractivity contribution is -0.119. The Bertz CT molecular complexity index is 1670. The van der Waals surface area contributed by atoms with E-state index in [1.807, 2.05) is 12.1 Å². The van der Waals surface area contributed by atoms with Crippen LogP contribution in [0, 0.1) is 6.92 Å². The first-order valence-electron chi connectivity index (χ1n) is 15.0. The Morgan fingerprint density at radius 3 is 2.43 bits per heavy atom. The third kappa shape index (κ3) is 7.76. The number of anilines is 2. The van der Waals surface area contributed by atoms with Gasteiger partial charge in [-0.05, 0) is 67.5 Å². The minimum atomic E-state index is -0.538. The highest BCUT2D eigenvalue weighted by Crippen LogP contribution is 2.50. The molecule has 12 nitrogen and oxygen atoms in total. The van der Waals surface area contributed by atoms with Crippen molar-refractivity contribution in [3.05, 3.63) is 56.2 Å². The molecule has 13 heteroatoms. The van der Waals surface area contributed by atoms with Crippen molar-refractivity contribution in [2.75, 3.05) is 45.6 Å². The molecular formula is C33H40N4O8S. The number of amides is 2. The molecule has 3 aromatic rings. The first-order chi connectivity index (χ1) is 22.1. The van der Waals surface area contributed by atoms with Crippen molar-refractivity contribution in [3.8, 4) is 28.4 Å². The average Bonchev–Trinajstić information content (AvgIpc) is 3.23. The predicted octanol–water partition coefficient (Wildman–Crippen LogP) is 5.03. The second-order valence-corrected chi connectivity index (χ2v) is 12.0. The van der Waals surface area contributed by atoms with Crippen molar-refractivity contribution in [3.63, 3.8) is 0 Å². The molecule has 0 aliphatic heterocycles. The van der Waals surface area contributed by atoms with Gasteiger partial charge in [0, 0.05) is 30.3 Å². The monoisotopic (exact) mass is 652 g/mol. The van der Waals surface area contributed by atoms with Crippen LogP contribution in [0.15, 0.2) is 29.1 Å². The Balaban J connectivity index is 1.46. The molecule has 1 atom stereocenters. The molecule has 0 saturated carbocycles. The molecule has 0 bridgehead atoms. The molecule has 1 aliphatic rings. The van der Waals surface area contributed by atoms with Crippen LogP contribution in [0.5, 0.6) is 17.2 Å². The molecule has 46 heavy (non-hydrogen) atoms. The van der Waals surface area contributed by atoms with Gasteiger partial charge >= 0.3 is 5.97 Å². The zero-order chi connectivity index (χ0) is 33.4. The molecule has 2 aromatic carbocycles. The summed E-state index contributed by atoms with van der Waals surface area (Å²) >= 11 is 1.22. The molecule has 0 radical (unpaired) electrons. The molecule has 4 rings (SSSR count). The molecule has 2 amide bonds. The fourth-order valence-electron chi connectivity index (χ4n) is 5.58. The van der Waals surface area contributed by atoms with E-state index in [9.17, 15) is 19.2 Å². The van der Waals surface area contributed by atoms with Crippen LogP contribution in [0.1, 0.15) is 71.6 Å². The van der Waals surface area contributed by atoms with Gasteiger partial charge in [-0.25, -0.2) is 9.78 Å². The average molecular weight is 653 g/mol. The zero-order valence-electron chi connectivity index (χ0n) is 27.0. The van der Waals surface area contributed by atoms with Gasteiger partial charge in [-0.1, -0.05) is 12.5 Å². The number of carbonyl (C=O) groups is 3. The number of hydrogen-bond acceptors (Lipinski definition) is 11. The van der Waals surface area contributed by atoms with Gasteiger partial charge in [0.25, 0.3) is 0 Å². The van der Waals surface area contributed by atoms with Crippen LogP contribution in [-0.2, 0) is 20.7 Å². The Hall–Kier alpha value is -4.65. The zero-order valence-corrected chi connectivity index (χ0v) is 27.8. The molecular weight excluding hydrogens is 612 g/mol. The molecule has 246 valence electrons. The van der Waals surface area contributed by atoms with Gasteiger partial charge in [-0.15, -0.1) is 11.3 Å². The Morgan fingerprint density at radius 1 is 1.00 bits per heavy atom. The first-order valence-corrected chi connectivity index (χ1v) is 15.8. The topological polar surface area (TPSA) is 154 Å². The van der Waals surface area contributed by atoms with Crippen molar-refractivity contribution in [1.29, 1.82) is 0 Å². The fourth-order valence-corrected chi connectivity index (χ4v) is 6.40. The highest BCUT2D eigenvalue weighted by atomic mass is 32.1. The largest absolute Gasteiger partial charge is 0.493 e. The minimum Gasteiger partial charge on any atom is -0.493 e. The maximum atomic E-state index is 13.5. The number of unbranched alkanes of at least 4 members (excludes halogenated alkanes) is 2. The number of benzene rings is 1. The molecule has 1 aromatic heterocycles. The van der Waals surface area contributed by atoms with E-state index < -0.39 is 5.97 Å². The number of ether oxygens (including phenoxy) is 4. The molecule has 0 spiro atoms. The van der Waals surface area contributed by atoms with Crippen LogP contribution in [-0.4, -0.2) is 57.8 Å². The Morgan fingerprint density at radius 2 is 1.76 bits per heavy atom. The van der Waals surface area contributed by atoms with Crippen LogP contribution in [0.25, 0.3) is 11.1 Å². The molecule has 0 saturated heterocycles. The number of nitrogens with zero attached hydrogens (tertiary/aromatic N) is 1. The molecule has 1 aliphatic carbocycles. The highest BCUT2D eigenvalue weighted by Gasteiger charge is 2.29. The van der Waals surface area contributed by atoms with E-state index in [0.717, 1.165) is 29.5 Å². The number of rotatable bonds is 13. The number of nitrogens with one attached hydrogen (secondary N) is 3. The Labute approximate surface area is 271 Å². The summed E-state index contributed by atoms with van der Waals surface area (Å²) < 4.78 is 21.8.